The fourth-order valence-electron chi connectivity index (χ4n) is 3.39. The standard InChI is InChI=1S/C23H20N2O/c1-17-16-24(2)23(26)21-14-13-20(15-22(17)21)25(18-9-5-3-6-10-18)19-11-7-4-8-12-19/h3-16H,1-2H3. The summed E-state index contributed by atoms with van der Waals surface area (Å²) < 4.78 is 1.64. The number of aryl methyl sites for hydroxylation is 2. The Kier molecular flexibility index (Phi) is 4.05. The minimum Gasteiger partial charge on any atom is -0.318 e. The van der Waals surface area contributed by atoms with Gasteiger partial charge in [0.05, 0.1) is 0 Å². The van der Waals surface area contributed by atoms with Crippen LogP contribution in [0.1, 0.15) is 5.56 Å². The molecule has 0 saturated heterocycles. The number of fused-ring (bicyclic) bond motifs is 1. The fourth-order valence-corrected chi connectivity index (χ4v) is 3.39. The van der Waals surface area contributed by atoms with E-state index in [0.29, 0.717) is 0 Å². The van der Waals surface area contributed by atoms with Crippen LogP contribution >= 0.6 is 0 Å². The highest BCUT2D eigenvalue weighted by Crippen LogP contribution is 2.35. The molecule has 1 aromatic heterocycles. The lowest BCUT2D eigenvalue weighted by atomic mass is 10.1. The first-order valence-corrected chi connectivity index (χ1v) is 8.65. The van der Waals surface area contributed by atoms with Crippen molar-refractivity contribution < 1.29 is 0 Å². The van der Waals surface area contributed by atoms with Crippen molar-refractivity contribution in [2.75, 3.05) is 4.90 Å². The molecule has 0 unspecified atom stereocenters. The number of para-hydroxylation sites is 2. The number of anilines is 3. The predicted molar refractivity (Wildman–Crippen MR) is 109 cm³/mol. The lowest BCUT2D eigenvalue weighted by Gasteiger charge is -2.25. The Morgan fingerprint density at radius 1 is 0.731 bits per heavy atom. The first kappa shape index (κ1) is 16.2. The third-order valence-corrected chi connectivity index (χ3v) is 4.65. The van der Waals surface area contributed by atoms with Crippen molar-refractivity contribution in [2.45, 2.75) is 6.92 Å². The highest BCUT2D eigenvalue weighted by Gasteiger charge is 2.14. The van der Waals surface area contributed by atoms with Crippen molar-refractivity contribution in [1.82, 2.24) is 4.57 Å². The minimum atomic E-state index is 0.0307. The number of benzene rings is 3. The Morgan fingerprint density at radius 2 is 1.31 bits per heavy atom. The van der Waals surface area contributed by atoms with Gasteiger partial charge >= 0.3 is 0 Å². The SMILES string of the molecule is Cc1cn(C)c(=O)c2ccc(N(c3ccccc3)c3ccccc3)cc12. The van der Waals surface area contributed by atoms with E-state index in [0.717, 1.165) is 33.4 Å². The van der Waals surface area contributed by atoms with Crippen molar-refractivity contribution in [2.24, 2.45) is 7.05 Å². The maximum absolute atomic E-state index is 12.5. The van der Waals surface area contributed by atoms with E-state index >= 15 is 0 Å². The molecule has 4 aromatic rings. The molecule has 0 fully saturated rings. The Labute approximate surface area is 152 Å². The van der Waals surface area contributed by atoms with Gasteiger partial charge in [0.15, 0.2) is 0 Å². The molecule has 4 rings (SSSR count). The van der Waals surface area contributed by atoms with Crippen LogP contribution in [0.25, 0.3) is 10.8 Å². The summed E-state index contributed by atoms with van der Waals surface area (Å²) in [5.41, 5.74) is 4.32. The van der Waals surface area contributed by atoms with Crippen LogP contribution in [0, 0.1) is 6.92 Å². The Hall–Kier alpha value is -3.33. The van der Waals surface area contributed by atoms with Crippen LogP contribution in [0.15, 0.2) is 89.9 Å². The summed E-state index contributed by atoms with van der Waals surface area (Å²) >= 11 is 0. The first-order valence-electron chi connectivity index (χ1n) is 8.65. The third-order valence-electron chi connectivity index (χ3n) is 4.65. The van der Waals surface area contributed by atoms with Gasteiger partial charge in [-0.3, -0.25) is 4.79 Å². The van der Waals surface area contributed by atoms with Crippen LogP contribution in [0.3, 0.4) is 0 Å². The average Bonchev–Trinajstić information content (AvgIpc) is 2.68. The minimum absolute atomic E-state index is 0.0307. The topological polar surface area (TPSA) is 25.2 Å². The predicted octanol–water partition coefficient (Wildman–Crippen LogP) is 5.32. The molecule has 0 N–H and O–H groups in total. The summed E-state index contributed by atoms with van der Waals surface area (Å²) in [4.78, 5) is 14.7. The lowest BCUT2D eigenvalue weighted by Crippen LogP contribution is -2.17. The molecule has 3 heteroatoms. The molecule has 0 spiro atoms. The van der Waals surface area contributed by atoms with E-state index in [1.54, 1.807) is 11.6 Å². The normalized spacial score (nSPS) is 10.8. The second-order valence-corrected chi connectivity index (χ2v) is 6.46. The molecule has 1 heterocycles. The number of rotatable bonds is 3. The molecule has 0 radical (unpaired) electrons. The van der Waals surface area contributed by atoms with Crippen molar-refractivity contribution in [1.29, 1.82) is 0 Å². The number of pyridine rings is 1. The highest BCUT2D eigenvalue weighted by molar-refractivity contribution is 5.90. The zero-order valence-electron chi connectivity index (χ0n) is 14.9. The second kappa shape index (κ2) is 6.52. The van der Waals surface area contributed by atoms with Gasteiger partial charge in [0.2, 0.25) is 0 Å². The van der Waals surface area contributed by atoms with Gasteiger partial charge in [0.1, 0.15) is 0 Å². The van der Waals surface area contributed by atoms with E-state index in [1.165, 1.54) is 0 Å². The quantitative estimate of drug-likeness (QED) is 0.504. The smallest absolute Gasteiger partial charge is 0.258 e. The molecular formula is C23H20N2O. The van der Waals surface area contributed by atoms with Crippen molar-refractivity contribution >= 4 is 27.8 Å². The van der Waals surface area contributed by atoms with Crippen molar-refractivity contribution in [3.8, 4) is 0 Å². The summed E-state index contributed by atoms with van der Waals surface area (Å²) in [7, 11) is 1.79. The maximum Gasteiger partial charge on any atom is 0.258 e. The van der Waals surface area contributed by atoms with Gasteiger partial charge in [0, 0.05) is 35.7 Å². The molecule has 0 bridgehead atoms. The first-order chi connectivity index (χ1) is 12.6. The van der Waals surface area contributed by atoms with Crippen molar-refractivity contribution in [3.05, 3.63) is 101 Å². The summed E-state index contributed by atoms with van der Waals surface area (Å²) in [5.74, 6) is 0. The van der Waals surface area contributed by atoms with E-state index < -0.39 is 0 Å². The Morgan fingerprint density at radius 3 is 1.88 bits per heavy atom. The Bertz CT molecular complexity index is 1080. The van der Waals surface area contributed by atoms with Crippen LogP contribution in [-0.2, 0) is 7.05 Å². The number of nitrogens with zero attached hydrogens (tertiary/aromatic N) is 2. The summed E-state index contributed by atoms with van der Waals surface area (Å²) in [6, 6.07) is 26.6. The molecule has 0 saturated carbocycles. The molecule has 128 valence electrons. The van der Waals surface area contributed by atoms with Gasteiger partial charge in [-0.2, -0.15) is 0 Å². The largest absolute Gasteiger partial charge is 0.318 e. The Balaban J connectivity index is 1.96. The molecule has 0 amide bonds. The molecular weight excluding hydrogens is 320 g/mol. The van der Waals surface area contributed by atoms with Crippen LogP contribution in [-0.4, -0.2) is 4.57 Å². The number of hydrogen-bond acceptors (Lipinski definition) is 2. The second-order valence-electron chi connectivity index (χ2n) is 6.46. The molecule has 3 nitrogen and oxygen atoms in total. The van der Waals surface area contributed by atoms with Gasteiger partial charge in [-0.05, 0) is 60.3 Å². The van der Waals surface area contributed by atoms with Crippen LogP contribution < -0.4 is 10.5 Å². The third kappa shape index (κ3) is 2.78. The van der Waals surface area contributed by atoms with Gasteiger partial charge < -0.3 is 9.47 Å². The zero-order valence-corrected chi connectivity index (χ0v) is 14.9. The molecule has 0 aliphatic rings. The molecule has 3 aromatic carbocycles. The monoisotopic (exact) mass is 340 g/mol. The van der Waals surface area contributed by atoms with Gasteiger partial charge in [0.25, 0.3) is 5.56 Å². The molecule has 0 atom stereocenters. The van der Waals surface area contributed by atoms with Crippen LogP contribution in [0.5, 0.6) is 0 Å². The summed E-state index contributed by atoms with van der Waals surface area (Å²) in [5, 5.41) is 1.74. The van der Waals surface area contributed by atoms with Gasteiger partial charge in [-0.1, -0.05) is 36.4 Å². The van der Waals surface area contributed by atoms with Crippen molar-refractivity contribution in [3.63, 3.8) is 0 Å². The highest BCUT2D eigenvalue weighted by atomic mass is 16.1. The average molecular weight is 340 g/mol. The van der Waals surface area contributed by atoms with E-state index in [9.17, 15) is 4.79 Å². The van der Waals surface area contributed by atoms with Gasteiger partial charge in [-0.15, -0.1) is 0 Å². The van der Waals surface area contributed by atoms with Crippen LogP contribution in [0.4, 0.5) is 17.1 Å². The molecule has 26 heavy (non-hydrogen) atoms. The van der Waals surface area contributed by atoms with Crippen LogP contribution in [0.2, 0.25) is 0 Å². The molecule has 0 aliphatic heterocycles. The molecule has 0 aliphatic carbocycles. The van der Waals surface area contributed by atoms with E-state index in [4.69, 9.17) is 0 Å². The van der Waals surface area contributed by atoms with E-state index in [1.807, 2.05) is 61.7 Å². The number of hydrogen-bond donors (Lipinski definition) is 0. The number of aromatic nitrogens is 1. The lowest BCUT2D eigenvalue weighted by molar-refractivity contribution is 0.866. The maximum atomic E-state index is 12.5. The summed E-state index contributed by atoms with van der Waals surface area (Å²) in [6.45, 7) is 2.04. The van der Waals surface area contributed by atoms with Gasteiger partial charge in [-0.25, -0.2) is 0 Å². The van der Waals surface area contributed by atoms with E-state index in [-0.39, 0.29) is 5.56 Å². The zero-order chi connectivity index (χ0) is 18.1. The fraction of sp³-hybridized carbons (Fsp3) is 0.0870. The summed E-state index contributed by atoms with van der Waals surface area (Å²) in [6.07, 6.45) is 1.89. The van der Waals surface area contributed by atoms with E-state index in [2.05, 4.69) is 35.2 Å².